The SMILES string of the molecule is CN(C(=O)c1cc(N)c(F)cc1F)C1CC1. The van der Waals surface area contributed by atoms with Gasteiger partial charge in [-0.2, -0.15) is 0 Å². The number of nitrogens with zero attached hydrogens (tertiary/aromatic N) is 1. The van der Waals surface area contributed by atoms with Gasteiger partial charge in [0.05, 0.1) is 11.3 Å². The maximum atomic E-state index is 13.4. The fraction of sp³-hybridized carbons (Fsp3) is 0.364. The Labute approximate surface area is 91.8 Å². The van der Waals surface area contributed by atoms with E-state index < -0.39 is 17.5 Å². The predicted octanol–water partition coefficient (Wildman–Crippen LogP) is 1.78. The zero-order valence-corrected chi connectivity index (χ0v) is 8.84. The molecule has 3 nitrogen and oxygen atoms in total. The number of nitrogens with two attached hydrogens (primary N) is 1. The lowest BCUT2D eigenvalue weighted by molar-refractivity contribution is 0.0780. The van der Waals surface area contributed by atoms with Crippen molar-refractivity contribution in [1.29, 1.82) is 0 Å². The van der Waals surface area contributed by atoms with Crippen LogP contribution in [-0.4, -0.2) is 23.9 Å². The van der Waals surface area contributed by atoms with Crippen molar-refractivity contribution in [2.45, 2.75) is 18.9 Å². The molecule has 0 aromatic heterocycles. The number of amides is 1. The van der Waals surface area contributed by atoms with Crippen molar-refractivity contribution in [3.05, 3.63) is 29.3 Å². The second-order valence-corrected chi connectivity index (χ2v) is 4.00. The summed E-state index contributed by atoms with van der Waals surface area (Å²) >= 11 is 0. The molecule has 16 heavy (non-hydrogen) atoms. The zero-order chi connectivity index (χ0) is 11.9. The van der Waals surface area contributed by atoms with Crippen LogP contribution in [0.3, 0.4) is 0 Å². The van der Waals surface area contributed by atoms with Crippen LogP contribution in [0.5, 0.6) is 0 Å². The molecule has 0 unspecified atom stereocenters. The van der Waals surface area contributed by atoms with E-state index in [0.29, 0.717) is 6.07 Å². The molecule has 1 aliphatic carbocycles. The molecule has 0 radical (unpaired) electrons. The van der Waals surface area contributed by atoms with Crippen molar-refractivity contribution in [2.24, 2.45) is 0 Å². The summed E-state index contributed by atoms with van der Waals surface area (Å²) in [6, 6.07) is 1.87. The van der Waals surface area contributed by atoms with Gasteiger partial charge in [0, 0.05) is 19.2 Å². The number of rotatable bonds is 2. The Hall–Kier alpha value is -1.65. The van der Waals surface area contributed by atoms with Crippen LogP contribution in [0, 0.1) is 11.6 Å². The summed E-state index contributed by atoms with van der Waals surface area (Å²) < 4.78 is 26.3. The summed E-state index contributed by atoms with van der Waals surface area (Å²) in [6.07, 6.45) is 1.86. The summed E-state index contributed by atoms with van der Waals surface area (Å²) in [6.45, 7) is 0. The van der Waals surface area contributed by atoms with E-state index in [-0.39, 0.29) is 17.3 Å². The lowest BCUT2D eigenvalue weighted by Gasteiger charge is -2.16. The van der Waals surface area contributed by atoms with Gasteiger partial charge in [-0.25, -0.2) is 8.78 Å². The van der Waals surface area contributed by atoms with E-state index >= 15 is 0 Å². The van der Waals surface area contributed by atoms with Crippen molar-refractivity contribution in [2.75, 3.05) is 12.8 Å². The fourth-order valence-corrected chi connectivity index (χ4v) is 1.55. The zero-order valence-electron chi connectivity index (χ0n) is 8.84. The minimum absolute atomic E-state index is 0.173. The molecule has 2 rings (SSSR count). The van der Waals surface area contributed by atoms with Gasteiger partial charge in [0.2, 0.25) is 0 Å². The first-order chi connectivity index (χ1) is 7.50. The van der Waals surface area contributed by atoms with E-state index in [1.54, 1.807) is 7.05 Å². The van der Waals surface area contributed by atoms with Gasteiger partial charge in [0.1, 0.15) is 11.6 Å². The second-order valence-electron chi connectivity index (χ2n) is 4.00. The van der Waals surface area contributed by atoms with Crippen LogP contribution in [0.15, 0.2) is 12.1 Å². The lowest BCUT2D eigenvalue weighted by atomic mass is 10.1. The Balaban J connectivity index is 2.32. The summed E-state index contributed by atoms with van der Waals surface area (Å²) in [4.78, 5) is 13.3. The molecule has 1 saturated carbocycles. The minimum atomic E-state index is -0.871. The van der Waals surface area contributed by atoms with Gasteiger partial charge in [-0.1, -0.05) is 0 Å². The number of hydrogen-bond acceptors (Lipinski definition) is 2. The molecule has 0 saturated heterocycles. The molecule has 1 aliphatic rings. The highest BCUT2D eigenvalue weighted by Crippen LogP contribution is 2.27. The molecular formula is C11H12F2N2O. The first kappa shape index (κ1) is 10.9. The van der Waals surface area contributed by atoms with E-state index in [9.17, 15) is 13.6 Å². The minimum Gasteiger partial charge on any atom is -0.396 e. The van der Waals surface area contributed by atoms with Crippen molar-refractivity contribution >= 4 is 11.6 Å². The Bertz CT molecular complexity index is 444. The van der Waals surface area contributed by atoms with Gasteiger partial charge < -0.3 is 10.6 Å². The molecule has 0 bridgehead atoms. The second kappa shape index (κ2) is 3.73. The predicted molar refractivity (Wildman–Crippen MR) is 55.9 cm³/mol. The summed E-state index contributed by atoms with van der Waals surface area (Å²) in [7, 11) is 1.61. The van der Waals surface area contributed by atoms with E-state index in [1.165, 1.54) is 4.90 Å². The summed E-state index contributed by atoms with van der Waals surface area (Å²) in [5, 5.41) is 0. The van der Waals surface area contributed by atoms with Gasteiger partial charge in [-0.05, 0) is 18.9 Å². The third-order valence-corrected chi connectivity index (χ3v) is 2.73. The highest BCUT2D eigenvalue weighted by Gasteiger charge is 2.31. The maximum Gasteiger partial charge on any atom is 0.256 e. The number of nitrogen functional groups attached to an aromatic ring is 1. The van der Waals surface area contributed by atoms with Crippen molar-refractivity contribution in [1.82, 2.24) is 4.90 Å². The third kappa shape index (κ3) is 1.85. The monoisotopic (exact) mass is 226 g/mol. The van der Waals surface area contributed by atoms with Crippen molar-refractivity contribution < 1.29 is 13.6 Å². The third-order valence-electron chi connectivity index (χ3n) is 2.73. The maximum absolute atomic E-state index is 13.4. The van der Waals surface area contributed by atoms with E-state index in [2.05, 4.69) is 0 Å². The van der Waals surface area contributed by atoms with Gasteiger partial charge in [0.25, 0.3) is 5.91 Å². The molecular weight excluding hydrogens is 214 g/mol. The molecule has 2 N–H and O–H groups in total. The Morgan fingerprint density at radius 2 is 2.00 bits per heavy atom. The largest absolute Gasteiger partial charge is 0.396 e. The van der Waals surface area contributed by atoms with Crippen molar-refractivity contribution in [3.8, 4) is 0 Å². The smallest absolute Gasteiger partial charge is 0.256 e. The van der Waals surface area contributed by atoms with Gasteiger partial charge in [-0.15, -0.1) is 0 Å². The van der Waals surface area contributed by atoms with E-state index in [1.807, 2.05) is 0 Å². The fourth-order valence-electron chi connectivity index (χ4n) is 1.55. The first-order valence-corrected chi connectivity index (χ1v) is 5.02. The Kier molecular flexibility index (Phi) is 2.53. The molecule has 0 atom stereocenters. The first-order valence-electron chi connectivity index (χ1n) is 5.02. The Morgan fingerprint density at radius 3 is 2.56 bits per heavy atom. The molecule has 1 fully saturated rings. The number of carbonyl (C=O) groups is 1. The van der Waals surface area contributed by atoms with Gasteiger partial charge in [0.15, 0.2) is 0 Å². The summed E-state index contributed by atoms with van der Waals surface area (Å²) in [5.41, 5.74) is 4.92. The normalized spacial score (nSPS) is 14.9. The van der Waals surface area contributed by atoms with Crippen LogP contribution in [0.4, 0.5) is 14.5 Å². The standard InChI is InChI=1S/C11H12F2N2O/c1-15(6-2-3-6)11(16)7-4-10(14)9(13)5-8(7)12/h4-6H,2-3,14H2,1H3. The average molecular weight is 226 g/mol. The molecule has 0 spiro atoms. The molecule has 0 aliphatic heterocycles. The van der Waals surface area contributed by atoms with Gasteiger partial charge in [-0.3, -0.25) is 4.79 Å². The van der Waals surface area contributed by atoms with E-state index in [0.717, 1.165) is 18.9 Å². The van der Waals surface area contributed by atoms with Crippen LogP contribution >= 0.6 is 0 Å². The molecule has 1 aromatic carbocycles. The number of benzene rings is 1. The van der Waals surface area contributed by atoms with Crippen LogP contribution < -0.4 is 5.73 Å². The van der Waals surface area contributed by atoms with Crippen molar-refractivity contribution in [3.63, 3.8) is 0 Å². The Morgan fingerprint density at radius 1 is 1.38 bits per heavy atom. The molecule has 1 aromatic rings. The number of anilines is 1. The lowest BCUT2D eigenvalue weighted by Crippen LogP contribution is -2.29. The number of carbonyl (C=O) groups excluding carboxylic acids is 1. The highest BCUT2D eigenvalue weighted by atomic mass is 19.1. The molecule has 86 valence electrons. The summed E-state index contributed by atoms with van der Waals surface area (Å²) in [5.74, 6) is -2.17. The van der Waals surface area contributed by atoms with Crippen LogP contribution in [0.1, 0.15) is 23.2 Å². The average Bonchev–Trinajstić information content (AvgIpc) is 3.05. The topological polar surface area (TPSA) is 46.3 Å². The molecule has 1 amide bonds. The molecule has 0 heterocycles. The van der Waals surface area contributed by atoms with Gasteiger partial charge >= 0.3 is 0 Å². The molecule has 5 heteroatoms. The van der Waals surface area contributed by atoms with Crippen LogP contribution in [0.25, 0.3) is 0 Å². The quantitative estimate of drug-likeness (QED) is 0.781. The number of halogens is 2. The van der Waals surface area contributed by atoms with Crippen LogP contribution in [0.2, 0.25) is 0 Å². The number of hydrogen-bond donors (Lipinski definition) is 1. The highest BCUT2D eigenvalue weighted by molar-refractivity contribution is 5.95. The van der Waals surface area contributed by atoms with E-state index in [4.69, 9.17) is 5.73 Å². The van der Waals surface area contributed by atoms with Crippen LogP contribution in [-0.2, 0) is 0 Å².